The molecule has 0 unspecified atom stereocenters. The van der Waals surface area contributed by atoms with Gasteiger partial charge in [-0.1, -0.05) is 12.1 Å². The first kappa shape index (κ1) is 15.9. The maximum Gasteiger partial charge on any atom is 0.388 e. The Hall–Kier alpha value is -1.46. The van der Waals surface area contributed by atoms with Crippen molar-refractivity contribution in [3.63, 3.8) is 0 Å². The number of hydrogen-bond donors (Lipinski definition) is 4. The molecule has 4 N–H and O–H groups in total. The molecule has 5 nitrogen and oxygen atoms in total. The summed E-state index contributed by atoms with van der Waals surface area (Å²) in [5.74, 6) is 0.226. The van der Waals surface area contributed by atoms with Crippen LogP contribution in [0.1, 0.15) is 11.1 Å². The molecule has 0 aliphatic carbocycles. The van der Waals surface area contributed by atoms with Crippen LogP contribution in [0.25, 0.3) is 0 Å². The topological polar surface area (TPSA) is 98.0 Å². The highest BCUT2D eigenvalue weighted by atomic mass is 32.7. The van der Waals surface area contributed by atoms with Gasteiger partial charge in [0, 0.05) is 4.90 Å². The van der Waals surface area contributed by atoms with Crippen molar-refractivity contribution in [3.8, 4) is 11.5 Å². The lowest BCUT2D eigenvalue weighted by molar-refractivity contribution is 0.397. The number of aromatic hydroxyl groups is 2. The molecule has 2 aromatic rings. The second-order valence-electron chi connectivity index (χ2n) is 4.54. The fourth-order valence-corrected chi connectivity index (χ4v) is 3.94. The zero-order chi connectivity index (χ0) is 15.5. The van der Waals surface area contributed by atoms with E-state index in [9.17, 15) is 14.8 Å². The second-order valence-corrected chi connectivity index (χ2v) is 8.12. The van der Waals surface area contributed by atoms with Crippen LogP contribution in [0.4, 0.5) is 0 Å². The number of phenols is 2. The van der Waals surface area contributed by atoms with E-state index in [1.54, 1.807) is 18.2 Å². The highest BCUT2D eigenvalue weighted by Gasteiger charge is 2.18. The van der Waals surface area contributed by atoms with Crippen LogP contribution in [0.15, 0.2) is 47.4 Å². The Labute approximate surface area is 126 Å². The number of benzene rings is 2. The molecule has 0 heterocycles. The van der Waals surface area contributed by atoms with Gasteiger partial charge < -0.3 is 20.0 Å². The highest BCUT2D eigenvalue weighted by molar-refractivity contribution is 8.54. The molecule has 7 heteroatoms. The van der Waals surface area contributed by atoms with Crippen LogP contribution < -0.4 is 0 Å². The van der Waals surface area contributed by atoms with Crippen molar-refractivity contribution in [3.05, 3.63) is 53.6 Å². The average Bonchev–Trinajstić information content (AvgIpc) is 2.38. The predicted molar refractivity (Wildman–Crippen MR) is 81.5 cm³/mol. The summed E-state index contributed by atoms with van der Waals surface area (Å²) in [6.07, 6.45) is 1.09. The predicted octanol–water partition coefficient (Wildman–Crippen LogP) is 3.07. The summed E-state index contributed by atoms with van der Waals surface area (Å²) in [5, 5.41) is 18.9. The summed E-state index contributed by atoms with van der Waals surface area (Å²) in [4.78, 5) is 18.6. The Kier molecular flexibility index (Phi) is 4.96. The van der Waals surface area contributed by atoms with Gasteiger partial charge in [0.15, 0.2) is 0 Å². The van der Waals surface area contributed by atoms with Gasteiger partial charge in [-0.15, -0.1) is 0 Å². The molecule has 0 aliphatic heterocycles. The van der Waals surface area contributed by atoms with Crippen LogP contribution in [0.5, 0.6) is 11.5 Å². The smallest absolute Gasteiger partial charge is 0.388 e. The Balaban J connectivity index is 2.18. The van der Waals surface area contributed by atoms with Gasteiger partial charge in [0.05, 0.1) is 0 Å². The highest BCUT2D eigenvalue weighted by Crippen LogP contribution is 2.55. The van der Waals surface area contributed by atoms with E-state index in [1.807, 2.05) is 6.07 Å². The first-order chi connectivity index (χ1) is 9.83. The Morgan fingerprint density at radius 3 is 2.33 bits per heavy atom. The van der Waals surface area contributed by atoms with Gasteiger partial charge in [-0.3, -0.25) is 0 Å². The minimum atomic E-state index is -4.24. The summed E-state index contributed by atoms with van der Waals surface area (Å²) >= 11 is 0.481. The maximum absolute atomic E-state index is 11.1. The SMILES string of the molecule is O=P(O)(O)Sc1ccc(O)cc1CCc1cccc(O)c1. The Morgan fingerprint density at radius 1 is 0.952 bits per heavy atom. The third-order valence-corrected chi connectivity index (χ3v) is 4.99. The number of hydrogen-bond acceptors (Lipinski definition) is 4. The first-order valence-electron chi connectivity index (χ1n) is 6.18. The summed E-state index contributed by atoms with van der Waals surface area (Å²) in [5.41, 5.74) is 1.57. The van der Waals surface area contributed by atoms with Crippen molar-refractivity contribution in [1.82, 2.24) is 0 Å². The van der Waals surface area contributed by atoms with Crippen LogP contribution in [-0.2, 0) is 17.4 Å². The second kappa shape index (κ2) is 6.54. The lowest BCUT2D eigenvalue weighted by Gasteiger charge is -2.10. The Morgan fingerprint density at radius 2 is 1.67 bits per heavy atom. The normalized spacial score (nSPS) is 11.5. The van der Waals surface area contributed by atoms with Gasteiger partial charge in [-0.25, -0.2) is 4.57 Å². The number of aryl methyl sites for hydroxylation is 2. The fraction of sp³-hybridized carbons (Fsp3) is 0.143. The van der Waals surface area contributed by atoms with Crippen molar-refractivity contribution in [2.45, 2.75) is 17.7 Å². The molecule has 0 aromatic heterocycles. The first-order valence-corrected chi connectivity index (χ1v) is 9.22. The van der Waals surface area contributed by atoms with E-state index in [-0.39, 0.29) is 11.5 Å². The van der Waals surface area contributed by atoms with Gasteiger partial charge in [0.25, 0.3) is 0 Å². The zero-order valence-electron chi connectivity index (χ0n) is 11.0. The van der Waals surface area contributed by atoms with Crippen molar-refractivity contribution < 1.29 is 24.6 Å². The molecule has 0 fully saturated rings. The van der Waals surface area contributed by atoms with Gasteiger partial charge in [0.2, 0.25) is 0 Å². The molecule has 0 bridgehead atoms. The summed E-state index contributed by atoms with van der Waals surface area (Å²) in [7, 11) is 0. The summed E-state index contributed by atoms with van der Waals surface area (Å²) in [6.45, 7) is -4.24. The molecule has 0 spiro atoms. The van der Waals surface area contributed by atoms with E-state index in [1.165, 1.54) is 18.2 Å². The standard InChI is InChI=1S/C14H15O5PS/c15-12-3-1-2-10(8-12)4-5-11-9-13(16)6-7-14(11)21-20(17,18)19/h1-3,6-9,15-16H,4-5H2,(H2,17,18,19). The number of phenolic OH excluding ortho intramolecular Hbond substituents is 2. The number of rotatable bonds is 5. The molecule has 0 saturated heterocycles. The molecule has 112 valence electrons. The van der Waals surface area contributed by atoms with Crippen molar-refractivity contribution in [2.24, 2.45) is 0 Å². The van der Waals surface area contributed by atoms with E-state index in [0.29, 0.717) is 34.7 Å². The van der Waals surface area contributed by atoms with Gasteiger partial charge in [-0.05, 0) is 65.7 Å². The van der Waals surface area contributed by atoms with Crippen LogP contribution in [0, 0.1) is 0 Å². The fourth-order valence-electron chi connectivity index (χ4n) is 1.97. The maximum atomic E-state index is 11.1. The molecular weight excluding hydrogens is 311 g/mol. The largest absolute Gasteiger partial charge is 0.508 e. The molecule has 21 heavy (non-hydrogen) atoms. The quantitative estimate of drug-likeness (QED) is 0.630. The lowest BCUT2D eigenvalue weighted by Crippen LogP contribution is -1.93. The van der Waals surface area contributed by atoms with Gasteiger partial charge >= 0.3 is 6.80 Å². The van der Waals surface area contributed by atoms with E-state index in [4.69, 9.17) is 9.79 Å². The molecule has 2 rings (SSSR count). The van der Waals surface area contributed by atoms with Gasteiger partial charge in [-0.2, -0.15) is 0 Å². The molecule has 2 aromatic carbocycles. The van der Waals surface area contributed by atoms with Crippen molar-refractivity contribution >= 4 is 18.2 Å². The minimum Gasteiger partial charge on any atom is -0.508 e. The molecular formula is C14H15O5PS. The molecule has 0 amide bonds. The molecule has 0 radical (unpaired) electrons. The van der Waals surface area contributed by atoms with E-state index in [0.717, 1.165) is 5.56 Å². The Bertz CT molecular complexity index is 683. The van der Waals surface area contributed by atoms with Crippen LogP contribution in [0.2, 0.25) is 0 Å². The van der Waals surface area contributed by atoms with Crippen LogP contribution >= 0.6 is 18.2 Å². The van der Waals surface area contributed by atoms with Crippen molar-refractivity contribution in [2.75, 3.05) is 0 Å². The van der Waals surface area contributed by atoms with Crippen molar-refractivity contribution in [1.29, 1.82) is 0 Å². The molecule has 0 saturated carbocycles. The zero-order valence-corrected chi connectivity index (χ0v) is 12.7. The molecule has 0 atom stereocenters. The van der Waals surface area contributed by atoms with E-state index >= 15 is 0 Å². The lowest BCUT2D eigenvalue weighted by atomic mass is 10.0. The van der Waals surface area contributed by atoms with E-state index < -0.39 is 6.80 Å². The van der Waals surface area contributed by atoms with Crippen LogP contribution in [-0.4, -0.2) is 20.0 Å². The van der Waals surface area contributed by atoms with Crippen LogP contribution in [0.3, 0.4) is 0 Å². The summed E-state index contributed by atoms with van der Waals surface area (Å²) in [6, 6.07) is 11.2. The van der Waals surface area contributed by atoms with Gasteiger partial charge in [0.1, 0.15) is 11.5 Å². The average molecular weight is 326 g/mol. The summed E-state index contributed by atoms with van der Waals surface area (Å²) < 4.78 is 11.1. The van der Waals surface area contributed by atoms with E-state index in [2.05, 4.69) is 0 Å². The third-order valence-electron chi connectivity index (χ3n) is 2.85. The monoisotopic (exact) mass is 326 g/mol. The minimum absolute atomic E-state index is 0.0518. The molecule has 0 aliphatic rings. The third kappa shape index (κ3) is 5.10.